The predicted octanol–water partition coefficient (Wildman–Crippen LogP) is 17.0. The zero-order chi connectivity index (χ0) is 47.4. The number of hydrogen-bond acceptors (Lipinski definition) is 5. The van der Waals surface area contributed by atoms with Crippen molar-refractivity contribution in [3.8, 4) is 0 Å². The SMILES string of the molecule is CCCCCCCCCCC/C=C\C/C=C\CCCCCCCCC(O)C(=O)NC(CO)C(O)C(O)CCCCCCCCCCCCCCCCCCCCCCCCCCCCC. The van der Waals surface area contributed by atoms with Crippen molar-refractivity contribution in [1.29, 1.82) is 0 Å². The molecule has 0 aromatic carbocycles. The summed E-state index contributed by atoms with van der Waals surface area (Å²) in [5.74, 6) is -0.587. The lowest BCUT2D eigenvalue weighted by Gasteiger charge is -2.27. The van der Waals surface area contributed by atoms with Crippen LogP contribution in [0.1, 0.15) is 316 Å². The highest BCUT2D eigenvalue weighted by atomic mass is 16.3. The summed E-state index contributed by atoms with van der Waals surface area (Å²) in [5, 5.41) is 44.0. The summed E-state index contributed by atoms with van der Waals surface area (Å²) in [5.41, 5.74) is 0. The molecule has 6 heteroatoms. The van der Waals surface area contributed by atoms with Crippen LogP contribution < -0.4 is 5.32 Å². The van der Waals surface area contributed by atoms with Crippen LogP contribution >= 0.6 is 0 Å². The number of unbranched alkanes of at least 4 members (excludes halogenated alkanes) is 41. The summed E-state index contributed by atoms with van der Waals surface area (Å²) in [6.45, 7) is 4.09. The van der Waals surface area contributed by atoms with Crippen LogP contribution in [0.5, 0.6) is 0 Å². The molecule has 4 unspecified atom stereocenters. The normalized spacial score (nSPS) is 13.9. The lowest BCUT2D eigenvalue weighted by molar-refractivity contribution is -0.132. The molecule has 0 saturated carbocycles. The number of aliphatic hydroxyl groups is 4. The Hall–Kier alpha value is -1.21. The van der Waals surface area contributed by atoms with Crippen molar-refractivity contribution in [1.82, 2.24) is 5.32 Å². The zero-order valence-corrected chi connectivity index (χ0v) is 43.8. The topological polar surface area (TPSA) is 110 Å². The van der Waals surface area contributed by atoms with Gasteiger partial charge in [-0.1, -0.05) is 295 Å². The van der Waals surface area contributed by atoms with Gasteiger partial charge in [-0.2, -0.15) is 0 Å². The Morgan fingerprint density at radius 2 is 0.662 bits per heavy atom. The Kier molecular flexibility index (Phi) is 52.7. The van der Waals surface area contributed by atoms with Gasteiger partial charge in [0.1, 0.15) is 12.2 Å². The first-order chi connectivity index (χ1) is 32.0. The molecule has 6 nitrogen and oxygen atoms in total. The number of amides is 1. The van der Waals surface area contributed by atoms with Gasteiger partial charge in [-0.15, -0.1) is 0 Å². The van der Waals surface area contributed by atoms with Crippen LogP contribution in [0.4, 0.5) is 0 Å². The van der Waals surface area contributed by atoms with Gasteiger partial charge in [-0.3, -0.25) is 4.79 Å². The number of hydrogen-bond donors (Lipinski definition) is 5. The molecule has 4 atom stereocenters. The molecule has 0 saturated heterocycles. The van der Waals surface area contributed by atoms with E-state index in [1.807, 2.05) is 0 Å². The van der Waals surface area contributed by atoms with E-state index in [0.29, 0.717) is 12.8 Å². The molecule has 5 N–H and O–H groups in total. The minimum atomic E-state index is -1.26. The molecule has 0 aliphatic carbocycles. The fourth-order valence-corrected chi connectivity index (χ4v) is 9.32. The van der Waals surface area contributed by atoms with E-state index in [2.05, 4.69) is 43.5 Å². The van der Waals surface area contributed by atoms with Crippen LogP contribution in [-0.4, -0.2) is 57.3 Å². The van der Waals surface area contributed by atoms with Crippen molar-refractivity contribution in [2.24, 2.45) is 0 Å². The third-order valence-corrected chi connectivity index (χ3v) is 13.9. The lowest BCUT2D eigenvalue weighted by Crippen LogP contribution is -2.53. The van der Waals surface area contributed by atoms with E-state index in [1.165, 1.54) is 231 Å². The van der Waals surface area contributed by atoms with E-state index in [-0.39, 0.29) is 0 Å². The maximum absolute atomic E-state index is 12.6. The third kappa shape index (κ3) is 47.6. The number of nitrogens with one attached hydrogen (secondary N) is 1. The first-order valence-corrected chi connectivity index (χ1v) is 29.2. The van der Waals surface area contributed by atoms with Crippen molar-refractivity contribution in [2.45, 2.75) is 340 Å². The summed E-state index contributed by atoms with van der Waals surface area (Å²) in [6.07, 6.45) is 65.3. The van der Waals surface area contributed by atoms with E-state index < -0.39 is 36.9 Å². The molecular formula is C59H115NO5. The highest BCUT2D eigenvalue weighted by molar-refractivity contribution is 5.80. The summed E-state index contributed by atoms with van der Waals surface area (Å²) >= 11 is 0. The van der Waals surface area contributed by atoms with Crippen LogP contribution in [0.2, 0.25) is 0 Å². The average Bonchev–Trinajstić information content (AvgIpc) is 3.31. The molecule has 0 aliphatic heterocycles. The molecule has 0 fully saturated rings. The quantitative estimate of drug-likeness (QED) is 0.0308. The van der Waals surface area contributed by atoms with E-state index in [9.17, 15) is 25.2 Å². The second-order valence-corrected chi connectivity index (χ2v) is 20.3. The molecule has 0 heterocycles. The molecule has 0 aromatic heterocycles. The summed E-state index contributed by atoms with van der Waals surface area (Å²) in [4.78, 5) is 12.6. The van der Waals surface area contributed by atoms with Gasteiger partial charge in [0.05, 0.1) is 18.8 Å². The molecule has 0 aromatic rings. The average molecular weight is 919 g/mol. The molecular weight excluding hydrogens is 803 g/mol. The van der Waals surface area contributed by atoms with E-state index in [1.54, 1.807) is 0 Å². The van der Waals surface area contributed by atoms with Crippen molar-refractivity contribution in [2.75, 3.05) is 6.61 Å². The second kappa shape index (κ2) is 53.7. The zero-order valence-electron chi connectivity index (χ0n) is 43.8. The Morgan fingerprint density at radius 3 is 0.969 bits per heavy atom. The minimum absolute atomic E-state index is 0.359. The molecule has 0 rings (SSSR count). The van der Waals surface area contributed by atoms with Gasteiger partial charge in [0, 0.05) is 0 Å². The van der Waals surface area contributed by atoms with Crippen molar-refractivity contribution < 1.29 is 25.2 Å². The van der Waals surface area contributed by atoms with Gasteiger partial charge in [0.15, 0.2) is 0 Å². The highest BCUT2D eigenvalue weighted by Gasteiger charge is 2.28. The highest BCUT2D eigenvalue weighted by Crippen LogP contribution is 2.18. The molecule has 386 valence electrons. The molecule has 0 bridgehead atoms. The number of aliphatic hydroxyl groups excluding tert-OH is 4. The Bertz CT molecular complexity index is 986. The van der Waals surface area contributed by atoms with Crippen LogP contribution in [0.25, 0.3) is 0 Å². The Balaban J connectivity index is 3.62. The van der Waals surface area contributed by atoms with Crippen molar-refractivity contribution >= 4 is 5.91 Å². The number of carbonyl (C=O) groups is 1. The minimum Gasteiger partial charge on any atom is -0.394 e. The number of rotatable bonds is 54. The van der Waals surface area contributed by atoms with Crippen molar-refractivity contribution in [3.05, 3.63) is 24.3 Å². The smallest absolute Gasteiger partial charge is 0.249 e. The van der Waals surface area contributed by atoms with Crippen LogP contribution in [-0.2, 0) is 4.79 Å². The van der Waals surface area contributed by atoms with Crippen molar-refractivity contribution in [3.63, 3.8) is 0 Å². The van der Waals surface area contributed by atoms with Gasteiger partial charge in [0.2, 0.25) is 5.91 Å². The standard InChI is InChI=1S/C59H115NO5/c1-3-5-7-9-11-13-15-17-19-21-23-25-27-28-29-30-31-33-34-36-38-40-42-44-46-48-50-52-56(62)58(64)55(54-61)60-59(65)57(63)53-51-49-47-45-43-41-39-37-35-32-26-24-22-20-18-16-14-12-10-8-6-4-2/h24,26,35,37,55-58,61-64H,3-23,25,27-34,36,38-54H2,1-2H3,(H,60,65)/b26-24-,37-35-. The van der Waals surface area contributed by atoms with Crippen LogP contribution in [0.3, 0.4) is 0 Å². The fraction of sp³-hybridized carbons (Fsp3) is 0.915. The molecule has 0 radical (unpaired) electrons. The summed E-state index contributed by atoms with van der Waals surface area (Å²) in [6, 6.07) is -0.990. The fourth-order valence-electron chi connectivity index (χ4n) is 9.32. The Morgan fingerprint density at radius 1 is 0.385 bits per heavy atom. The van der Waals surface area contributed by atoms with Crippen LogP contribution in [0, 0.1) is 0 Å². The first-order valence-electron chi connectivity index (χ1n) is 29.2. The molecule has 0 spiro atoms. The summed E-state index contributed by atoms with van der Waals surface area (Å²) < 4.78 is 0. The van der Waals surface area contributed by atoms with Gasteiger partial charge < -0.3 is 25.7 Å². The summed E-state index contributed by atoms with van der Waals surface area (Å²) in [7, 11) is 0. The lowest BCUT2D eigenvalue weighted by atomic mass is 9.99. The Labute approximate surface area is 405 Å². The van der Waals surface area contributed by atoms with Gasteiger partial charge in [0.25, 0.3) is 0 Å². The first kappa shape index (κ1) is 63.8. The number of carbonyl (C=O) groups excluding carboxylic acids is 1. The molecule has 0 aliphatic rings. The third-order valence-electron chi connectivity index (χ3n) is 13.9. The predicted molar refractivity (Wildman–Crippen MR) is 284 cm³/mol. The monoisotopic (exact) mass is 918 g/mol. The van der Waals surface area contributed by atoms with Gasteiger partial charge in [-0.25, -0.2) is 0 Å². The largest absolute Gasteiger partial charge is 0.394 e. The van der Waals surface area contributed by atoms with Gasteiger partial charge in [-0.05, 0) is 44.9 Å². The second-order valence-electron chi connectivity index (χ2n) is 20.3. The number of allylic oxidation sites excluding steroid dienone is 4. The molecule has 65 heavy (non-hydrogen) atoms. The van der Waals surface area contributed by atoms with E-state index in [0.717, 1.165) is 57.8 Å². The molecule has 1 amide bonds. The van der Waals surface area contributed by atoms with E-state index in [4.69, 9.17) is 0 Å². The maximum atomic E-state index is 12.6. The van der Waals surface area contributed by atoms with Crippen LogP contribution in [0.15, 0.2) is 24.3 Å². The maximum Gasteiger partial charge on any atom is 0.249 e. The van der Waals surface area contributed by atoms with E-state index >= 15 is 0 Å². The van der Waals surface area contributed by atoms with Gasteiger partial charge >= 0.3 is 0 Å².